The highest BCUT2D eigenvalue weighted by Gasteiger charge is 2.39. The molecule has 1 unspecified atom stereocenters. The monoisotopic (exact) mass is 236 g/mol. The molecule has 0 amide bonds. The van der Waals surface area contributed by atoms with Crippen LogP contribution in [0.2, 0.25) is 0 Å². The Morgan fingerprint density at radius 1 is 1.29 bits per heavy atom. The van der Waals surface area contributed by atoms with Crippen molar-refractivity contribution in [3.63, 3.8) is 0 Å². The molecular weight excluding hydrogens is 220 g/mol. The highest BCUT2D eigenvalue weighted by molar-refractivity contribution is 5.73. The molecule has 0 aliphatic carbocycles. The van der Waals surface area contributed by atoms with Crippen molar-refractivity contribution in [3.8, 4) is 11.5 Å². The first kappa shape index (κ1) is 11.8. The number of methoxy groups -OCH3 is 2. The molecule has 17 heavy (non-hydrogen) atoms. The van der Waals surface area contributed by atoms with E-state index in [2.05, 4.69) is 0 Å². The summed E-state index contributed by atoms with van der Waals surface area (Å²) in [6, 6.07) is 5.53. The molecule has 1 atom stereocenters. The molecule has 1 aliphatic heterocycles. The minimum absolute atomic E-state index is 0.162. The van der Waals surface area contributed by atoms with E-state index in [9.17, 15) is 4.79 Å². The maximum Gasteiger partial charge on any atom is 0.306 e. The Morgan fingerprint density at radius 2 is 2.06 bits per heavy atom. The van der Waals surface area contributed by atoms with E-state index in [1.54, 1.807) is 20.3 Å². The highest BCUT2D eigenvalue weighted by Crippen LogP contribution is 2.41. The van der Waals surface area contributed by atoms with Crippen LogP contribution in [0.15, 0.2) is 18.2 Å². The Hall–Kier alpha value is -1.71. The average Bonchev–Trinajstić information content (AvgIpc) is 2.69. The fourth-order valence-electron chi connectivity index (χ4n) is 2.12. The lowest BCUT2D eigenvalue weighted by molar-refractivity contribution is -0.147. The zero-order valence-electron chi connectivity index (χ0n) is 10.3. The summed E-state index contributed by atoms with van der Waals surface area (Å²) in [6.07, 6.45) is 1.13. The highest BCUT2D eigenvalue weighted by atomic mass is 16.6. The van der Waals surface area contributed by atoms with Crippen LogP contribution in [0.5, 0.6) is 11.5 Å². The van der Waals surface area contributed by atoms with Crippen molar-refractivity contribution in [3.05, 3.63) is 23.8 Å². The molecule has 1 saturated heterocycles. The molecule has 1 fully saturated rings. The van der Waals surface area contributed by atoms with Gasteiger partial charge in [0.15, 0.2) is 0 Å². The van der Waals surface area contributed by atoms with E-state index in [1.165, 1.54) is 0 Å². The molecule has 0 aromatic heterocycles. The predicted octanol–water partition coefficient (Wildman–Crippen LogP) is 2.26. The van der Waals surface area contributed by atoms with Gasteiger partial charge < -0.3 is 14.2 Å². The van der Waals surface area contributed by atoms with Gasteiger partial charge in [-0.05, 0) is 19.1 Å². The number of hydrogen-bond acceptors (Lipinski definition) is 4. The Balaban J connectivity index is 2.41. The van der Waals surface area contributed by atoms with Gasteiger partial charge in [0.1, 0.15) is 17.1 Å². The van der Waals surface area contributed by atoms with E-state index in [0.717, 1.165) is 11.3 Å². The second-order valence-electron chi connectivity index (χ2n) is 4.27. The predicted molar refractivity (Wildman–Crippen MR) is 62.2 cm³/mol. The SMILES string of the molecule is COc1ccc(C2(C)CCC(=O)O2)c(OC)c1. The Morgan fingerprint density at radius 3 is 2.59 bits per heavy atom. The third-order valence-corrected chi connectivity index (χ3v) is 3.12. The molecule has 1 aromatic rings. The summed E-state index contributed by atoms with van der Waals surface area (Å²) in [4.78, 5) is 11.3. The second kappa shape index (κ2) is 4.28. The molecule has 4 nitrogen and oxygen atoms in total. The summed E-state index contributed by atoms with van der Waals surface area (Å²) in [6.45, 7) is 1.90. The lowest BCUT2D eigenvalue weighted by Crippen LogP contribution is -2.21. The van der Waals surface area contributed by atoms with E-state index in [0.29, 0.717) is 18.6 Å². The fourth-order valence-corrected chi connectivity index (χ4v) is 2.12. The second-order valence-corrected chi connectivity index (χ2v) is 4.27. The standard InChI is InChI=1S/C13H16O4/c1-13(7-6-12(14)17-13)10-5-4-9(15-2)8-11(10)16-3/h4-5,8H,6-7H2,1-3H3. The van der Waals surface area contributed by atoms with E-state index < -0.39 is 5.60 Å². The van der Waals surface area contributed by atoms with E-state index >= 15 is 0 Å². The van der Waals surface area contributed by atoms with Crippen LogP contribution >= 0.6 is 0 Å². The van der Waals surface area contributed by atoms with Crippen LogP contribution in [0, 0.1) is 0 Å². The van der Waals surface area contributed by atoms with Crippen molar-refractivity contribution in [1.82, 2.24) is 0 Å². The third-order valence-electron chi connectivity index (χ3n) is 3.12. The summed E-state index contributed by atoms with van der Waals surface area (Å²) < 4.78 is 15.9. The number of cyclic esters (lactones) is 1. The van der Waals surface area contributed by atoms with Gasteiger partial charge in [0, 0.05) is 24.5 Å². The van der Waals surface area contributed by atoms with Gasteiger partial charge in [-0.25, -0.2) is 0 Å². The maximum atomic E-state index is 11.3. The summed E-state index contributed by atoms with van der Waals surface area (Å²) in [5.41, 5.74) is 0.293. The molecule has 0 saturated carbocycles. The summed E-state index contributed by atoms with van der Waals surface area (Å²) in [5, 5.41) is 0. The zero-order valence-corrected chi connectivity index (χ0v) is 10.3. The molecule has 0 bridgehead atoms. The Bertz CT molecular complexity index is 441. The van der Waals surface area contributed by atoms with E-state index in [1.807, 2.05) is 19.1 Å². The number of carbonyl (C=O) groups excluding carboxylic acids is 1. The normalized spacial score (nSPS) is 23.4. The molecular formula is C13H16O4. The topological polar surface area (TPSA) is 44.8 Å². The molecule has 4 heteroatoms. The lowest BCUT2D eigenvalue weighted by atomic mass is 9.92. The first-order chi connectivity index (χ1) is 8.09. The minimum atomic E-state index is -0.589. The molecule has 0 N–H and O–H groups in total. The third kappa shape index (κ3) is 2.07. The Labute approximate surface area is 100 Å². The van der Waals surface area contributed by atoms with Gasteiger partial charge in [-0.2, -0.15) is 0 Å². The summed E-state index contributed by atoms with van der Waals surface area (Å²) in [5.74, 6) is 1.24. The summed E-state index contributed by atoms with van der Waals surface area (Å²) >= 11 is 0. The molecule has 0 radical (unpaired) electrons. The van der Waals surface area contributed by atoms with Crippen LogP contribution < -0.4 is 9.47 Å². The fraction of sp³-hybridized carbons (Fsp3) is 0.462. The molecule has 92 valence electrons. The van der Waals surface area contributed by atoms with Crippen LogP contribution in [-0.4, -0.2) is 20.2 Å². The summed E-state index contributed by atoms with van der Waals surface area (Å²) in [7, 11) is 3.20. The van der Waals surface area contributed by atoms with Gasteiger partial charge in [0.2, 0.25) is 0 Å². The minimum Gasteiger partial charge on any atom is -0.497 e. The largest absolute Gasteiger partial charge is 0.497 e. The smallest absolute Gasteiger partial charge is 0.306 e. The number of carbonyl (C=O) groups is 1. The maximum absolute atomic E-state index is 11.3. The lowest BCUT2D eigenvalue weighted by Gasteiger charge is -2.25. The average molecular weight is 236 g/mol. The molecule has 1 heterocycles. The van der Waals surface area contributed by atoms with Gasteiger partial charge in [0.05, 0.1) is 14.2 Å². The Kier molecular flexibility index (Phi) is 2.96. The molecule has 1 aromatic carbocycles. The number of esters is 1. The number of benzene rings is 1. The zero-order chi connectivity index (χ0) is 12.5. The molecule has 2 rings (SSSR count). The van der Waals surface area contributed by atoms with Crippen molar-refractivity contribution in [1.29, 1.82) is 0 Å². The number of ether oxygens (including phenoxy) is 3. The quantitative estimate of drug-likeness (QED) is 0.755. The molecule has 1 aliphatic rings. The van der Waals surface area contributed by atoms with Gasteiger partial charge in [-0.1, -0.05) is 0 Å². The first-order valence-electron chi connectivity index (χ1n) is 5.53. The van der Waals surface area contributed by atoms with Gasteiger partial charge in [-0.3, -0.25) is 4.79 Å². The van der Waals surface area contributed by atoms with Crippen LogP contribution in [0.1, 0.15) is 25.3 Å². The van der Waals surface area contributed by atoms with Crippen molar-refractivity contribution >= 4 is 5.97 Å². The van der Waals surface area contributed by atoms with Gasteiger partial charge in [-0.15, -0.1) is 0 Å². The van der Waals surface area contributed by atoms with E-state index in [4.69, 9.17) is 14.2 Å². The van der Waals surface area contributed by atoms with E-state index in [-0.39, 0.29) is 5.97 Å². The number of hydrogen-bond donors (Lipinski definition) is 0. The first-order valence-corrected chi connectivity index (χ1v) is 5.53. The molecule has 0 spiro atoms. The van der Waals surface area contributed by atoms with Gasteiger partial charge in [0.25, 0.3) is 0 Å². The van der Waals surface area contributed by atoms with Crippen molar-refractivity contribution in [2.24, 2.45) is 0 Å². The van der Waals surface area contributed by atoms with Crippen molar-refractivity contribution < 1.29 is 19.0 Å². The van der Waals surface area contributed by atoms with Crippen LogP contribution in [0.25, 0.3) is 0 Å². The van der Waals surface area contributed by atoms with Crippen LogP contribution in [-0.2, 0) is 15.1 Å². The van der Waals surface area contributed by atoms with Crippen molar-refractivity contribution in [2.45, 2.75) is 25.4 Å². The van der Waals surface area contributed by atoms with Crippen molar-refractivity contribution in [2.75, 3.05) is 14.2 Å². The number of rotatable bonds is 3. The van der Waals surface area contributed by atoms with Crippen LogP contribution in [0.4, 0.5) is 0 Å². The van der Waals surface area contributed by atoms with Gasteiger partial charge >= 0.3 is 5.97 Å². The van der Waals surface area contributed by atoms with Crippen LogP contribution in [0.3, 0.4) is 0 Å².